The molecule has 0 amide bonds. The Labute approximate surface area is 121 Å². The number of rotatable bonds is 3. The van der Waals surface area contributed by atoms with Gasteiger partial charge in [0.25, 0.3) is 0 Å². The molecule has 0 N–H and O–H groups in total. The molecule has 0 aromatic carbocycles. The smallest absolute Gasteiger partial charge is 0.162 e. The van der Waals surface area contributed by atoms with E-state index in [0.717, 1.165) is 8.52 Å². The summed E-state index contributed by atoms with van der Waals surface area (Å²) in [4.78, 5) is 4.41. The standard InChI is InChI=1S/C9H18Br2N2SSi2/c1-15(2,3)13(16(4,5)6)8-7(10)12-9(11)14-8/h1-6H3. The minimum Gasteiger partial charge on any atom is -0.414 e. The number of anilines is 1. The monoisotopic (exact) mass is 400 g/mol. The van der Waals surface area contributed by atoms with Gasteiger partial charge in [-0.2, -0.15) is 0 Å². The van der Waals surface area contributed by atoms with E-state index in [4.69, 9.17) is 0 Å². The molecule has 16 heavy (non-hydrogen) atoms. The minimum absolute atomic E-state index is 0.955. The summed E-state index contributed by atoms with van der Waals surface area (Å²) in [6.45, 7) is 14.4. The summed E-state index contributed by atoms with van der Waals surface area (Å²) in [5, 5.41) is 1.30. The van der Waals surface area contributed by atoms with Crippen LogP contribution < -0.4 is 4.23 Å². The topological polar surface area (TPSA) is 16.1 Å². The molecule has 0 aliphatic rings. The van der Waals surface area contributed by atoms with Gasteiger partial charge in [0.2, 0.25) is 0 Å². The average molecular weight is 402 g/mol. The predicted octanol–water partition coefficient (Wildman–Crippen LogP) is 5.14. The number of halogens is 2. The second kappa shape index (κ2) is 4.83. The van der Waals surface area contributed by atoms with Gasteiger partial charge in [-0.3, -0.25) is 0 Å². The van der Waals surface area contributed by atoms with Gasteiger partial charge in [0.15, 0.2) is 3.92 Å². The third kappa shape index (κ3) is 3.41. The molecule has 0 fully saturated rings. The van der Waals surface area contributed by atoms with E-state index in [9.17, 15) is 0 Å². The Kier molecular flexibility index (Phi) is 4.50. The van der Waals surface area contributed by atoms with E-state index in [1.54, 1.807) is 11.3 Å². The van der Waals surface area contributed by atoms with Crippen LogP contribution in [0, 0.1) is 0 Å². The third-order valence-corrected chi connectivity index (χ3v) is 11.9. The molecule has 0 aliphatic heterocycles. The summed E-state index contributed by atoms with van der Waals surface area (Å²) in [7, 11) is -2.73. The molecule has 1 aromatic heterocycles. The molecule has 1 rings (SSSR count). The average Bonchev–Trinajstić information content (AvgIpc) is 2.23. The van der Waals surface area contributed by atoms with Gasteiger partial charge in [-0.25, -0.2) is 4.98 Å². The lowest BCUT2D eigenvalue weighted by atomic mass is 10.9. The molecule has 0 bridgehead atoms. The van der Waals surface area contributed by atoms with Crippen LogP contribution in [-0.2, 0) is 0 Å². The van der Waals surface area contributed by atoms with Crippen LogP contribution in [0.3, 0.4) is 0 Å². The summed E-state index contributed by atoms with van der Waals surface area (Å²) in [6.07, 6.45) is 0. The maximum Gasteiger partial charge on any atom is 0.162 e. The van der Waals surface area contributed by atoms with Crippen molar-refractivity contribution >= 4 is 64.7 Å². The molecule has 0 spiro atoms. The predicted molar refractivity (Wildman–Crippen MR) is 86.7 cm³/mol. The molecule has 0 radical (unpaired) electrons. The first-order valence-electron chi connectivity index (χ1n) is 5.15. The van der Waals surface area contributed by atoms with Crippen LogP contribution in [0.2, 0.25) is 39.3 Å². The Morgan fingerprint density at radius 2 is 1.44 bits per heavy atom. The zero-order valence-corrected chi connectivity index (χ0v) is 16.5. The van der Waals surface area contributed by atoms with Crippen LogP contribution in [0.4, 0.5) is 5.00 Å². The van der Waals surface area contributed by atoms with Gasteiger partial charge in [0.1, 0.15) is 26.1 Å². The van der Waals surface area contributed by atoms with Crippen LogP contribution in [0.5, 0.6) is 0 Å². The summed E-state index contributed by atoms with van der Waals surface area (Å²) < 4.78 is 4.61. The van der Waals surface area contributed by atoms with Crippen molar-refractivity contribution in [1.82, 2.24) is 4.98 Å². The SMILES string of the molecule is C[Si](C)(C)N(c1sc(Br)nc1Br)[Si](C)(C)C. The highest BCUT2D eigenvalue weighted by Gasteiger charge is 2.37. The van der Waals surface area contributed by atoms with E-state index >= 15 is 0 Å². The summed E-state index contributed by atoms with van der Waals surface area (Å²) in [5.74, 6) is 0. The van der Waals surface area contributed by atoms with Crippen molar-refractivity contribution in [3.8, 4) is 0 Å². The fourth-order valence-electron chi connectivity index (χ4n) is 2.02. The molecule has 1 aromatic rings. The maximum absolute atomic E-state index is 4.41. The van der Waals surface area contributed by atoms with Gasteiger partial charge in [-0.1, -0.05) is 50.6 Å². The van der Waals surface area contributed by atoms with Crippen LogP contribution in [0.25, 0.3) is 0 Å². The first kappa shape index (κ1) is 14.9. The van der Waals surface area contributed by atoms with Gasteiger partial charge in [0.05, 0.1) is 0 Å². The Balaban J connectivity index is 3.28. The molecular formula is C9H18Br2N2SSi2. The molecule has 0 atom stereocenters. The van der Waals surface area contributed by atoms with E-state index in [1.807, 2.05) is 0 Å². The largest absolute Gasteiger partial charge is 0.414 e. The lowest BCUT2D eigenvalue weighted by Crippen LogP contribution is -2.59. The van der Waals surface area contributed by atoms with E-state index < -0.39 is 16.5 Å². The van der Waals surface area contributed by atoms with Crippen LogP contribution in [0.15, 0.2) is 8.52 Å². The number of hydrogen-bond donors (Lipinski definition) is 0. The Morgan fingerprint density at radius 3 is 1.69 bits per heavy atom. The highest BCUT2D eigenvalue weighted by Crippen LogP contribution is 2.40. The van der Waals surface area contributed by atoms with E-state index in [0.29, 0.717) is 0 Å². The lowest BCUT2D eigenvalue weighted by molar-refractivity contribution is 1.29. The summed E-state index contributed by atoms with van der Waals surface area (Å²) in [5.41, 5.74) is 0. The van der Waals surface area contributed by atoms with Crippen LogP contribution >= 0.6 is 43.2 Å². The zero-order chi connectivity index (χ0) is 12.7. The van der Waals surface area contributed by atoms with Crippen LogP contribution in [-0.4, -0.2) is 21.5 Å². The van der Waals surface area contributed by atoms with Crippen molar-refractivity contribution in [2.75, 3.05) is 4.23 Å². The van der Waals surface area contributed by atoms with Crippen molar-refractivity contribution in [1.29, 1.82) is 0 Å². The minimum atomic E-state index is -1.37. The fourth-order valence-corrected chi connectivity index (χ4v) is 15.9. The maximum atomic E-state index is 4.41. The highest BCUT2D eigenvalue weighted by molar-refractivity contribution is 9.11. The van der Waals surface area contributed by atoms with Gasteiger partial charge in [0, 0.05) is 0 Å². The Morgan fingerprint density at radius 1 is 1.00 bits per heavy atom. The molecule has 0 saturated heterocycles. The second-order valence-electron chi connectivity index (χ2n) is 5.74. The van der Waals surface area contributed by atoms with Gasteiger partial charge < -0.3 is 4.23 Å². The fraction of sp³-hybridized carbons (Fsp3) is 0.667. The van der Waals surface area contributed by atoms with Crippen molar-refractivity contribution in [2.45, 2.75) is 39.3 Å². The molecular weight excluding hydrogens is 384 g/mol. The number of thiazole rings is 1. The molecule has 92 valence electrons. The number of nitrogens with zero attached hydrogens (tertiary/aromatic N) is 2. The van der Waals surface area contributed by atoms with Gasteiger partial charge in [-0.05, 0) is 31.9 Å². The van der Waals surface area contributed by atoms with E-state index in [1.165, 1.54) is 5.00 Å². The third-order valence-electron chi connectivity index (χ3n) is 2.09. The molecule has 7 heteroatoms. The first-order chi connectivity index (χ1) is 7.03. The van der Waals surface area contributed by atoms with Crippen LogP contribution in [0.1, 0.15) is 0 Å². The van der Waals surface area contributed by atoms with Crippen molar-refractivity contribution in [3.05, 3.63) is 8.52 Å². The van der Waals surface area contributed by atoms with Crippen molar-refractivity contribution in [2.24, 2.45) is 0 Å². The van der Waals surface area contributed by atoms with E-state index in [-0.39, 0.29) is 0 Å². The quantitative estimate of drug-likeness (QED) is 0.651. The Bertz CT molecular complexity index is 368. The normalized spacial score (nSPS) is 13.0. The van der Waals surface area contributed by atoms with Crippen molar-refractivity contribution in [3.63, 3.8) is 0 Å². The lowest BCUT2D eigenvalue weighted by Gasteiger charge is -2.44. The summed E-state index contributed by atoms with van der Waals surface area (Å²) in [6, 6.07) is 0. The van der Waals surface area contributed by atoms with Crippen molar-refractivity contribution < 1.29 is 0 Å². The van der Waals surface area contributed by atoms with Gasteiger partial charge in [-0.15, -0.1) is 0 Å². The molecule has 0 unspecified atom stereocenters. The molecule has 0 aliphatic carbocycles. The first-order valence-corrected chi connectivity index (χ1v) is 14.5. The van der Waals surface area contributed by atoms with Gasteiger partial charge >= 0.3 is 0 Å². The zero-order valence-electron chi connectivity index (χ0n) is 10.6. The highest BCUT2D eigenvalue weighted by atomic mass is 79.9. The summed E-state index contributed by atoms with van der Waals surface area (Å²) >= 11 is 8.77. The second-order valence-corrected chi connectivity index (χ2v) is 18.8. The number of aromatic nitrogens is 1. The number of hydrogen-bond acceptors (Lipinski definition) is 3. The molecule has 2 nitrogen and oxygen atoms in total. The molecule has 1 heterocycles. The van der Waals surface area contributed by atoms with E-state index in [2.05, 4.69) is 80.4 Å². The Hall–Kier alpha value is 0.824. The molecule has 0 saturated carbocycles.